The van der Waals surface area contributed by atoms with Gasteiger partial charge in [0.1, 0.15) is 5.82 Å². The van der Waals surface area contributed by atoms with Gasteiger partial charge < -0.3 is 10.6 Å². The normalized spacial score (nSPS) is 10.4. The molecule has 1 amide bonds. The van der Waals surface area contributed by atoms with E-state index in [1.54, 1.807) is 6.20 Å². The van der Waals surface area contributed by atoms with E-state index in [0.717, 1.165) is 16.9 Å². The number of amides is 1. The molecule has 4 heteroatoms. The van der Waals surface area contributed by atoms with Crippen LogP contribution in [0.2, 0.25) is 0 Å². The van der Waals surface area contributed by atoms with Gasteiger partial charge in [0.05, 0.1) is 18.3 Å². The van der Waals surface area contributed by atoms with Crippen LogP contribution in [0.1, 0.15) is 22.3 Å². The van der Waals surface area contributed by atoms with Gasteiger partial charge >= 0.3 is 0 Å². The third kappa shape index (κ3) is 4.93. The number of aromatic nitrogens is 1. The minimum atomic E-state index is -0.0403. The fourth-order valence-corrected chi connectivity index (χ4v) is 2.66. The zero-order valence-corrected chi connectivity index (χ0v) is 15.1. The van der Waals surface area contributed by atoms with Crippen molar-refractivity contribution in [2.45, 2.75) is 26.8 Å². The standard InChI is InChI=1S/C22H23N3O/c1-16-7-9-18(10-8-16)14-23-21-12-11-20(15-24-21)25-22(26)13-19-6-4-3-5-17(19)2/h3-12,15H,13-14H2,1-2H3,(H,23,24)(H,25,26). The molecule has 3 rings (SSSR count). The van der Waals surface area contributed by atoms with Crippen LogP contribution in [-0.2, 0) is 17.8 Å². The number of nitrogens with one attached hydrogen (secondary N) is 2. The molecular formula is C22H23N3O. The van der Waals surface area contributed by atoms with Crippen molar-refractivity contribution in [3.8, 4) is 0 Å². The summed E-state index contributed by atoms with van der Waals surface area (Å²) in [7, 11) is 0. The molecule has 0 bridgehead atoms. The van der Waals surface area contributed by atoms with Gasteiger partial charge in [-0.3, -0.25) is 4.79 Å². The van der Waals surface area contributed by atoms with Gasteiger partial charge in [0.15, 0.2) is 0 Å². The Balaban J connectivity index is 1.53. The van der Waals surface area contributed by atoms with Gasteiger partial charge in [-0.05, 0) is 42.7 Å². The van der Waals surface area contributed by atoms with Crippen LogP contribution in [0.15, 0.2) is 66.9 Å². The predicted molar refractivity (Wildman–Crippen MR) is 106 cm³/mol. The first-order chi connectivity index (χ1) is 12.6. The van der Waals surface area contributed by atoms with E-state index in [2.05, 4.69) is 46.8 Å². The van der Waals surface area contributed by atoms with E-state index in [0.29, 0.717) is 18.7 Å². The van der Waals surface area contributed by atoms with E-state index in [1.807, 2.05) is 43.3 Å². The average molecular weight is 345 g/mol. The maximum atomic E-state index is 12.2. The highest BCUT2D eigenvalue weighted by molar-refractivity contribution is 5.92. The quantitative estimate of drug-likeness (QED) is 0.692. The monoisotopic (exact) mass is 345 g/mol. The van der Waals surface area contributed by atoms with Crippen molar-refractivity contribution in [2.75, 3.05) is 10.6 Å². The molecule has 2 N–H and O–H groups in total. The van der Waals surface area contributed by atoms with E-state index in [1.165, 1.54) is 11.1 Å². The summed E-state index contributed by atoms with van der Waals surface area (Å²) < 4.78 is 0. The Morgan fingerprint density at radius 3 is 2.42 bits per heavy atom. The SMILES string of the molecule is Cc1ccc(CNc2ccc(NC(=O)Cc3ccccc3C)cn2)cc1. The summed E-state index contributed by atoms with van der Waals surface area (Å²) in [6.45, 7) is 4.80. The first kappa shape index (κ1) is 17.7. The number of nitrogens with zero attached hydrogens (tertiary/aromatic N) is 1. The van der Waals surface area contributed by atoms with Crippen molar-refractivity contribution in [3.05, 3.63) is 89.1 Å². The van der Waals surface area contributed by atoms with Crippen LogP contribution in [0.25, 0.3) is 0 Å². The second kappa shape index (κ2) is 8.30. The Hall–Kier alpha value is -3.14. The van der Waals surface area contributed by atoms with Gasteiger partial charge in [0, 0.05) is 6.54 Å². The molecule has 1 heterocycles. The summed E-state index contributed by atoms with van der Waals surface area (Å²) >= 11 is 0. The van der Waals surface area contributed by atoms with Crippen LogP contribution in [0.3, 0.4) is 0 Å². The number of carbonyl (C=O) groups is 1. The van der Waals surface area contributed by atoms with Gasteiger partial charge in [-0.25, -0.2) is 4.98 Å². The number of hydrogen-bond acceptors (Lipinski definition) is 3. The van der Waals surface area contributed by atoms with Crippen molar-refractivity contribution >= 4 is 17.4 Å². The van der Waals surface area contributed by atoms with Crippen LogP contribution in [0, 0.1) is 13.8 Å². The van der Waals surface area contributed by atoms with Crippen LogP contribution < -0.4 is 10.6 Å². The van der Waals surface area contributed by atoms with Gasteiger partial charge in [0.2, 0.25) is 5.91 Å². The maximum Gasteiger partial charge on any atom is 0.228 e. The fourth-order valence-electron chi connectivity index (χ4n) is 2.66. The van der Waals surface area contributed by atoms with E-state index >= 15 is 0 Å². The highest BCUT2D eigenvalue weighted by atomic mass is 16.1. The summed E-state index contributed by atoms with van der Waals surface area (Å²) in [5.74, 6) is 0.740. The van der Waals surface area contributed by atoms with Crippen LogP contribution in [0.4, 0.5) is 11.5 Å². The number of hydrogen-bond donors (Lipinski definition) is 2. The topological polar surface area (TPSA) is 54.0 Å². The van der Waals surface area contributed by atoms with Crippen LogP contribution >= 0.6 is 0 Å². The summed E-state index contributed by atoms with van der Waals surface area (Å²) in [5.41, 5.74) is 5.31. The molecule has 0 atom stereocenters. The van der Waals surface area contributed by atoms with E-state index < -0.39 is 0 Å². The molecule has 132 valence electrons. The number of rotatable bonds is 6. The highest BCUT2D eigenvalue weighted by Crippen LogP contribution is 2.13. The maximum absolute atomic E-state index is 12.2. The molecule has 0 aliphatic rings. The van der Waals surface area contributed by atoms with Crippen molar-refractivity contribution in [1.29, 1.82) is 0 Å². The fraction of sp³-hybridized carbons (Fsp3) is 0.182. The van der Waals surface area contributed by atoms with Crippen LogP contribution in [0.5, 0.6) is 0 Å². The second-order valence-corrected chi connectivity index (χ2v) is 6.42. The molecule has 26 heavy (non-hydrogen) atoms. The third-order valence-electron chi connectivity index (χ3n) is 4.25. The molecule has 0 unspecified atom stereocenters. The van der Waals surface area contributed by atoms with E-state index in [9.17, 15) is 4.79 Å². The first-order valence-electron chi connectivity index (χ1n) is 8.70. The van der Waals surface area contributed by atoms with Crippen molar-refractivity contribution in [3.63, 3.8) is 0 Å². The molecular weight excluding hydrogens is 322 g/mol. The largest absolute Gasteiger partial charge is 0.366 e. The van der Waals surface area contributed by atoms with Crippen molar-refractivity contribution in [1.82, 2.24) is 4.98 Å². The molecule has 0 saturated heterocycles. The molecule has 3 aromatic rings. The predicted octanol–water partition coefficient (Wildman–Crippen LogP) is 4.49. The first-order valence-corrected chi connectivity index (χ1v) is 8.70. The molecule has 0 fully saturated rings. The lowest BCUT2D eigenvalue weighted by molar-refractivity contribution is -0.115. The van der Waals surface area contributed by atoms with Crippen molar-refractivity contribution in [2.24, 2.45) is 0 Å². The average Bonchev–Trinajstić information content (AvgIpc) is 2.64. The van der Waals surface area contributed by atoms with E-state index in [-0.39, 0.29) is 5.91 Å². The lowest BCUT2D eigenvalue weighted by Crippen LogP contribution is -2.15. The minimum absolute atomic E-state index is 0.0403. The van der Waals surface area contributed by atoms with Gasteiger partial charge in [-0.1, -0.05) is 54.1 Å². The Bertz CT molecular complexity index is 871. The third-order valence-corrected chi connectivity index (χ3v) is 4.25. The highest BCUT2D eigenvalue weighted by Gasteiger charge is 2.06. The Morgan fingerprint density at radius 2 is 1.73 bits per heavy atom. The molecule has 0 aliphatic carbocycles. The summed E-state index contributed by atoms with van der Waals surface area (Å²) in [6.07, 6.45) is 2.04. The van der Waals surface area contributed by atoms with Gasteiger partial charge in [-0.15, -0.1) is 0 Å². The molecule has 1 aromatic heterocycles. The Kier molecular flexibility index (Phi) is 5.64. The van der Waals surface area contributed by atoms with Gasteiger partial charge in [0.25, 0.3) is 0 Å². The second-order valence-electron chi connectivity index (χ2n) is 6.42. The lowest BCUT2D eigenvalue weighted by Gasteiger charge is -2.09. The molecule has 0 aliphatic heterocycles. The molecule has 0 radical (unpaired) electrons. The minimum Gasteiger partial charge on any atom is -0.366 e. The summed E-state index contributed by atoms with van der Waals surface area (Å²) in [4.78, 5) is 16.6. The summed E-state index contributed by atoms with van der Waals surface area (Å²) in [6, 6.07) is 20.0. The number of pyridine rings is 1. The molecule has 2 aromatic carbocycles. The summed E-state index contributed by atoms with van der Waals surface area (Å²) in [5, 5.41) is 6.18. The number of anilines is 2. The zero-order valence-electron chi connectivity index (χ0n) is 15.1. The van der Waals surface area contributed by atoms with E-state index in [4.69, 9.17) is 0 Å². The molecule has 4 nitrogen and oxygen atoms in total. The smallest absolute Gasteiger partial charge is 0.228 e. The lowest BCUT2D eigenvalue weighted by atomic mass is 10.1. The molecule has 0 spiro atoms. The zero-order chi connectivity index (χ0) is 18.4. The van der Waals surface area contributed by atoms with Crippen LogP contribution in [-0.4, -0.2) is 10.9 Å². The number of carbonyl (C=O) groups excluding carboxylic acids is 1. The molecule has 0 saturated carbocycles. The van der Waals surface area contributed by atoms with Crippen molar-refractivity contribution < 1.29 is 4.79 Å². The number of benzene rings is 2. The Labute approximate surface area is 154 Å². The Morgan fingerprint density at radius 1 is 0.962 bits per heavy atom. The number of aryl methyl sites for hydroxylation is 2. The van der Waals surface area contributed by atoms with Gasteiger partial charge in [-0.2, -0.15) is 0 Å².